The zero-order chi connectivity index (χ0) is 19.6. The quantitative estimate of drug-likeness (QED) is 0.302. The lowest BCUT2D eigenvalue weighted by Gasteiger charge is -2.26. The van der Waals surface area contributed by atoms with Crippen molar-refractivity contribution in [3.05, 3.63) is 15.7 Å². The Morgan fingerprint density at radius 2 is 2.15 bits per heavy atom. The molecule has 146 valence electrons. The number of rotatable bonds is 5. The van der Waals surface area contributed by atoms with Crippen LogP contribution in [0.2, 0.25) is 0 Å². The summed E-state index contributed by atoms with van der Waals surface area (Å²) in [6, 6.07) is -2.24. The van der Waals surface area contributed by atoms with Crippen LogP contribution in [0.25, 0.3) is 0 Å². The van der Waals surface area contributed by atoms with Crippen molar-refractivity contribution in [2.45, 2.75) is 50.2 Å². The van der Waals surface area contributed by atoms with E-state index in [4.69, 9.17) is 5.73 Å². The molecule has 0 unspecified atom stereocenters. The Bertz CT molecular complexity index is 766. The first-order valence-electron chi connectivity index (χ1n) is 8.74. The molecule has 2 saturated heterocycles. The van der Waals surface area contributed by atoms with Crippen molar-refractivity contribution in [1.82, 2.24) is 25.5 Å². The monoisotopic (exact) mass is 488 g/mol. The van der Waals surface area contributed by atoms with Crippen molar-refractivity contribution in [2.75, 3.05) is 6.54 Å². The second-order valence-corrected chi connectivity index (χ2v) is 7.71. The summed E-state index contributed by atoms with van der Waals surface area (Å²) in [6.45, 7) is 0.416. The molecule has 0 bridgehead atoms. The molecular formula is C16H21IN6O4. The number of imide groups is 1. The standard InChI is InChI=1S/C16H21IN6O4/c17-13-10(19-7-20-13)6-8(18)16(27)23-5-1-2-11(23)15(26)22-14(25)9-3-4-12(24)21-9/h7-9,11H,1-6,18H2,(H,19,20)(H,21,24)(H,22,25,26)/t8-,9-,11-/m0/s1. The van der Waals surface area contributed by atoms with Crippen LogP contribution in [0.5, 0.6) is 0 Å². The molecule has 1 aromatic rings. The van der Waals surface area contributed by atoms with E-state index in [1.807, 2.05) is 0 Å². The van der Waals surface area contributed by atoms with E-state index in [2.05, 4.69) is 43.2 Å². The van der Waals surface area contributed by atoms with Gasteiger partial charge in [0.25, 0.3) is 0 Å². The molecule has 2 aliphatic heterocycles. The lowest BCUT2D eigenvalue weighted by atomic mass is 10.1. The summed E-state index contributed by atoms with van der Waals surface area (Å²) in [5.74, 6) is -1.61. The molecule has 5 N–H and O–H groups in total. The highest BCUT2D eigenvalue weighted by Crippen LogP contribution is 2.20. The molecule has 27 heavy (non-hydrogen) atoms. The predicted molar refractivity (Wildman–Crippen MR) is 102 cm³/mol. The number of H-pyrrole nitrogens is 1. The second-order valence-electron chi connectivity index (χ2n) is 6.68. The fourth-order valence-corrected chi connectivity index (χ4v) is 3.89. The van der Waals surface area contributed by atoms with E-state index in [1.165, 1.54) is 11.2 Å². The minimum absolute atomic E-state index is 0.209. The van der Waals surface area contributed by atoms with Gasteiger partial charge in [-0.25, -0.2) is 4.98 Å². The van der Waals surface area contributed by atoms with Crippen LogP contribution in [0, 0.1) is 3.70 Å². The van der Waals surface area contributed by atoms with Gasteiger partial charge in [-0.1, -0.05) is 0 Å². The molecule has 2 fully saturated rings. The maximum atomic E-state index is 12.7. The molecule has 3 rings (SSSR count). The Morgan fingerprint density at radius 3 is 2.78 bits per heavy atom. The number of amides is 4. The fourth-order valence-electron chi connectivity index (χ4n) is 3.37. The van der Waals surface area contributed by atoms with Gasteiger partial charge in [0.15, 0.2) is 0 Å². The van der Waals surface area contributed by atoms with Gasteiger partial charge in [-0.3, -0.25) is 24.5 Å². The summed E-state index contributed by atoms with van der Waals surface area (Å²) in [6.07, 6.45) is 3.58. The average molecular weight is 488 g/mol. The van der Waals surface area contributed by atoms with E-state index in [9.17, 15) is 19.2 Å². The Hall–Kier alpha value is -2.02. The van der Waals surface area contributed by atoms with Crippen LogP contribution in [0.4, 0.5) is 0 Å². The molecule has 4 amide bonds. The zero-order valence-electron chi connectivity index (χ0n) is 14.5. The molecule has 0 radical (unpaired) electrons. The van der Waals surface area contributed by atoms with Crippen LogP contribution < -0.4 is 16.4 Å². The first kappa shape index (κ1) is 19.7. The molecule has 10 nitrogen and oxygen atoms in total. The van der Waals surface area contributed by atoms with Crippen LogP contribution in [0.1, 0.15) is 31.4 Å². The smallest absolute Gasteiger partial charge is 0.249 e. The zero-order valence-corrected chi connectivity index (χ0v) is 16.7. The highest BCUT2D eigenvalue weighted by atomic mass is 127. The third kappa shape index (κ3) is 4.46. The van der Waals surface area contributed by atoms with Crippen LogP contribution in [0.3, 0.4) is 0 Å². The molecule has 0 aromatic carbocycles. The molecular weight excluding hydrogens is 467 g/mol. The average Bonchev–Trinajstić information content (AvgIpc) is 3.36. The highest BCUT2D eigenvalue weighted by molar-refractivity contribution is 14.1. The fraction of sp³-hybridized carbons (Fsp3) is 0.562. The van der Waals surface area contributed by atoms with Crippen LogP contribution >= 0.6 is 22.6 Å². The second kappa shape index (κ2) is 8.33. The van der Waals surface area contributed by atoms with Gasteiger partial charge in [0.05, 0.1) is 18.1 Å². The third-order valence-corrected chi connectivity index (χ3v) is 5.73. The van der Waals surface area contributed by atoms with E-state index in [0.29, 0.717) is 25.8 Å². The van der Waals surface area contributed by atoms with Crippen molar-refractivity contribution in [2.24, 2.45) is 5.73 Å². The van der Waals surface area contributed by atoms with Gasteiger partial charge in [0, 0.05) is 19.4 Å². The molecule has 11 heteroatoms. The first-order valence-corrected chi connectivity index (χ1v) is 9.82. The molecule has 1 aromatic heterocycles. The molecule has 0 spiro atoms. The van der Waals surface area contributed by atoms with Crippen molar-refractivity contribution >= 4 is 46.2 Å². The number of imidazole rings is 1. The minimum atomic E-state index is -0.808. The van der Waals surface area contributed by atoms with Gasteiger partial charge < -0.3 is 20.9 Å². The summed E-state index contributed by atoms with van der Waals surface area (Å²) < 4.78 is 0.746. The van der Waals surface area contributed by atoms with Crippen molar-refractivity contribution in [3.63, 3.8) is 0 Å². The largest absolute Gasteiger partial charge is 0.348 e. The SMILES string of the molecule is N[C@@H](Cc1[nH]cnc1I)C(=O)N1CCC[C@H]1C(=O)NC(=O)[C@@H]1CCC(=O)N1. The van der Waals surface area contributed by atoms with E-state index in [0.717, 1.165) is 9.39 Å². The van der Waals surface area contributed by atoms with E-state index >= 15 is 0 Å². The topological polar surface area (TPSA) is 150 Å². The Kier molecular flexibility index (Phi) is 6.09. The van der Waals surface area contributed by atoms with Crippen LogP contribution in [-0.4, -0.2) is 63.2 Å². The lowest BCUT2D eigenvalue weighted by molar-refractivity contribution is -0.142. The molecule has 3 atom stereocenters. The third-order valence-electron chi connectivity index (χ3n) is 4.80. The number of aromatic nitrogens is 2. The van der Waals surface area contributed by atoms with Gasteiger partial charge in [0.1, 0.15) is 15.8 Å². The van der Waals surface area contributed by atoms with Crippen molar-refractivity contribution < 1.29 is 19.2 Å². The molecule has 0 aliphatic carbocycles. The lowest BCUT2D eigenvalue weighted by Crippen LogP contribution is -2.54. The summed E-state index contributed by atoms with van der Waals surface area (Å²) in [5, 5.41) is 4.84. The number of nitrogens with one attached hydrogen (secondary N) is 3. The first-order chi connectivity index (χ1) is 12.9. The van der Waals surface area contributed by atoms with Gasteiger partial charge in [0.2, 0.25) is 23.6 Å². The number of nitrogens with two attached hydrogens (primary N) is 1. The van der Waals surface area contributed by atoms with E-state index in [-0.39, 0.29) is 24.7 Å². The molecule has 3 heterocycles. The normalized spacial score (nSPS) is 23.2. The van der Waals surface area contributed by atoms with Gasteiger partial charge in [-0.15, -0.1) is 0 Å². The number of likely N-dealkylation sites (tertiary alicyclic amines) is 1. The number of hydrogen-bond donors (Lipinski definition) is 4. The number of carbonyl (C=O) groups is 4. The van der Waals surface area contributed by atoms with Crippen molar-refractivity contribution in [1.29, 1.82) is 0 Å². The predicted octanol–water partition coefficient (Wildman–Crippen LogP) is -1.20. The number of halogens is 1. The molecule has 0 saturated carbocycles. The van der Waals surface area contributed by atoms with Gasteiger partial charge >= 0.3 is 0 Å². The van der Waals surface area contributed by atoms with Crippen LogP contribution in [-0.2, 0) is 25.6 Å². The maximum absolute atomic E-state index is 12.7. The number of carbonyl (C=O) groups excluding carboxylic acids is 4. The maximum Gasteiger partial charge on any atom is 0.249 e. The van der Waals surface area contributed by atoms with Crippen molar-refractivity contribution in [3.8, 4) is 0 Å². The summed E-state index contributed by atoms with van der Waals surface area (Å²) in [4.78, 5) is 57.0. The molecule has 2 aliphatic rings. The Morgan fingerprint density at radius 1 is 1.37 bits per heavy atom. The summed E-state index contributed by atoms with van der Waals surface area (Å²) >= 11 is 2.05. The summed E-state index contributed by atoms with van der Waals surface area (Å²) in [7, 11) is 0. The number of nitrogens with zero attached hydrogens (tertiary/aromatic N) is 2. The van der Waals surface area contributed by atoms with Gasteiger partial charge in [-0.05, 0) is 41.9 Å². The number of hydrogen-bond acceptors (Lipinski definition) is 6. The summed E-state index contributed by atoms with van der Waals surface area (Å²) in [5.41, 5.74) is 6.81. The minimum Gasteiger partial charge on any atom is -0.348 e. The highest BCUT2D eigenvalue weighted by Gasteiger charge is 2.38. The van der Waals surface area contributed by atoms with Crippen LogP contribution in [0.15, 0.2) is 6.33 Å². The van der Waals surface area contributed by atoms with E-state index < -0.39 is 29.9 Å². The van der Waals surface area contributed by atoms with E-state index in [1.54, 1.807) is 0 Å². The Balaban J connectivity index is 1.59. The number of aromatic amines is 1. The Labute approximate surface area is 169 Å². The van der Waals surface area contributed by atoms with Gasteiger partial charge in [-0.2, -0.15) is 0 Å².